The van der Waals surface area contributed by atoms with Crippen molar-refractivity contribution in [3.63, 3.8) is 0 Å². The van der Waals surface area contributed by atoms with Crippen LogP contribution < -0.4 is 0 Å². The van der Waals surface area contributed by atoms with E-state index in [2.05, 4.69) is 65.7 Å². The third-order valence-electron chi connectivity index (χ3n) is 4.14. The highest BCUT2D eigenvalue weighted by Gasteiger charge is 2.23. The molecule has 1 fully saturated rings. The van der Waals surface area contributed by atoms with Crippen LogP contribution >= 0.6 is 11.3 Å². The molecule has 0 saturated carbocycles. The van der Waals surface area contributed by atoms with Gasteiger partial charge in [-0.2, -0.15) is 0 Å². The number of likely N-dealkylation sites (N-methyl/N-ethyl adjacent to an activating group) is 1. The van der Waals surface area contributed by atoms with Crippen LogP contribution in [0.25, 0.3) is 10.4 Å². The molecule has 0 bridgehead atoms. The molecule has 0 spiro atoms. The van der Waals surface area contributed by atoms with Gasteiger partial charge in [-0.1, -0.05) is 30.3 Å². The summed E-state index contributed by atoms with van der Waals surface area (Å²) in [6.07, 6.45) is 1.29. The largest absolute Gasteiger partial charge is 0.305 e. The monoisotopic (exact) mass is 286 g/mol. The minimum absolute atomic E-state index is 0.723. The molecule has 3 rings (SSSR count). The van der Waals surface area contributed by atoms with E-state index in [-0.39, 0.29) is 0 Å². The van der Waals surface area contributed by atoms with Crippen LogP contribution in [0.3, 0.4) is 0 Å². The van der Waals surface area contributed by atoms with Crippen molar-refractivity contribution in [1.29, 1.82) is 0 Å². The van der Waals surface area contributed by atoms with Crippen molar-refractivity contribution in [2.75, 3.05) is 27.2 Å². The topological polar surface area (TPSA) is 6.48 Å². The van der Waals surface area contributed by atoms with E-state index in [4.69, 9.17) is 0 Å². The van der Waals surface area contributed by atoms with E-state index >= 15 is 0 Å². The minimum Gasteiger partial charge on any atom is -0.305 e. The molecular weight excluding hydrogens is 264 g/mol. The molecule has 2 nitrogen and oxygen atoms in total. The molecule has 3 heteroatoms. The third kappa shape index (κ3) is 3.11. The number of benzene rings is 1. The molecule has 1 aliphatic rings. The second kappa shape index (κ2) is 6.08. The second-order valence-electron chi connectivity index (χ2n) is 5.82. The van der Waals surface area contributed by atoms with Crippen molar-refractivity contribution < 1.29 is 0 Å². The molecule has 0 amide bonds. The van der Waals surface area contributed by atoms with Crippen molar-refractivity contribution in [3.8, 4) is 10.4 Å². The number of nitrogens with zero attached hydrogens (tertiary/aromatic N) is 2. The Balaban J connectivity index is 1.62. The van der Waals surface area contributed by atoms with Gasteiger partial charge in [0.2, 0.25) is 0 Å². The van der Waals surface area contributed by atoms with Gasteiger partial charge >= 0.3 is 0 Å². The molecule has 1 unspecified atom stereocenters. The van der Waals surface area contributed by atoms with E-state index < -0.39 is 0 Å². The summed E-state index contributed by atoms with van der Waals surface area (Å²) in [4.78, 5) is 6.26. The average Bonchev–Trinajstić information content (AvgIpc) is 3.10. The zero-order valence-corrected chi connectivity index (χ0v) is 13.1. The molecule has 20 heavy (non-hydrogen) atoms. The third-order valence-corrected chi connectivity index (χ3v) is 5.06. The summed E-state index contributed by atoms with van der Waals surface area (Å²) >= 11 is 1.80. The highest BCUT2D eigenvalue weighted by Crippen LogP contribution is 2.25. The van der Waals surface area contributed by atoms with Crippen LogP contribution in [-0.2, 0) is 6.54 Å². The maximum Gasteiger partial charge on any atom is 0.0342 e. The molecule has 0 aliphatic carbocycles. The minimum atomic E-state index is 0.723. The van der Waals surface area contributed by atoms with Crippen LogP contribution in [0.15, 0.2) is 41.8 Å². The van der Waals surface area contributed by atoms with Crippen LogP contribution in [0.5, 0.6) is 0 Å². The van der Waals surface area contributed by atoms with Gasteiger partial charge in [-0.15, -0.1) is 11.3 Å². The van der Waals surface area contributed by atoms with Gasteiger partial charge in [-0.3, -0.25) is 4.90 Å². The average molecular weight is 286 g/mol. The Bertz CT molecular complexity index is 531. The van der Waals surface area contributed by atoms with Crippen LogP contribution in [0, 0.1) is 0 Å². The Kier molecular flexibility index (Phi) is 4.20. The van der Waals surface area contributed by atoms with Gasteiger partial charge < -0.3 is 4.90 Å². The van der Waals surface area contributed by atoms with Gasteiger partial charge in [0, 0.05) is 30.6 Å². The maximum absolute atomic E-state index is 2.56. The normalized spacial score (nSPS) is 19.9. The summed E-state index contributed by atoms with van der Waals surface area (Å²) in [5, 5.41) is 2.13. The van der Waals surface area contributed by atoms with Gasteiger partial charge in [-0.05, 0) is 43.1 Å². The van der Waals surface area contributed by atoms with Crippen molar-refractivity contribution in [2.24, 2.45) is 0 Å². The molecule has 106 valence electrons. The highest BCUT2D eigenvalue weighted by molar-refractivity contribution is 7.13. The molecule has 2 heterocycles. The summed E-state index contributed by atoms with van der Waals surface area (Å²) in [6.45, 7) is 3.49. The lowest BCUT2D eigenvalue weighted by atomic mass is 10.1. The Morgan fingerprint density at radius 1 is 1.20 bits per heavy atom. The fraction of sp³-hybridized carbons (Fsp3) is 0.412. The summed E-state index contributed by atoms with van der Waals surface area (Å²) in [5.41, 5.74) is 2.75. The van der Waals surface area contributed by atoms with E-state index in [1.165, 1.54) is 35.5 Å². The van der Waals surface area contributed by atoms with Crippen molar-refractivity contribution in [3.05, 3.63) is 47.3 Å². The maximum atomic E-state index is 2.56. The number of hydrogen-bond acceptors (Lipinski definition) is 3. The molecule has 0 radical (unpaired) electrons. The summed E-state index contributed by atoms with van der Waals surface area (Å²) < 4.78 is 0. The number of rotatable bonds is 4. The van der Waals surface area contributed by atoms with Crippen LogP contribution in [0.1, 0.15) is 12.0 Å². The van der Waals surface area contributed by atoms with Crippen molar-refractivity contribution in [2.45, 2.75) is 19.0 Å². The van der Waals surface area contributed by atoms with Gasteiger partial charge in [0.05, 0.1) is 0 Å². The van der Waals surface area contributed by atoms with Gasteiger partial charge in [0.1, 0.15) is 0 Å². The zero-order valence-electron chi connectivity index (χ0n) is 12.2. The van der Waals surface area contributed by atoms with Gasteiger partial charge in [0.15, 0.2) is 0 Å². The SMILES string of the molecule is CN(C)C1CCN(Cc2ccc(-c3cccs3)cc2)C1. The first-order valence-electron chi connectivity index (χ1n) is 7.24. The predicted molar refractivity (Wildman–Crippen MR) is 87.1 cm³/mol. The number of thiophene rings is 1. The summed E-state index contributed by atoms with van der Waals surface area (Å²) in [5.74, 6) is 0. The molecular formula is C17H22N2S. The van der Waals surface area contributed by atoms with Crippen molar-refractivity contribution in [1.82, 2.24) is 9.80 Å². The van der Waals surface area contributed by atoms with Crippen LogP contribution in [0.4, 0.5) is 0 Å². The lowest BCUT2D eigenvalue weighted by molar-refractivity contribution is 0.264. The first-order valence-corrected chi connectivity index (χ1v) is 8.12. The van der Waals surface area contributed by atoms with Gasteiger partial charge in [-0.25, -0.2) is 0 Å². The molecule has 1 saturated heterocycles. The Labute approximate surface area is 125 Å². The fourth-order valence-corrected chi connectivity index (χ4v) is 3.59. The predicted octanol–water partition coefficient (Wildman–Crippen LogP) is 3.55. The Hall–Kier alpha value is -1.16. The van der Waals surface area contributed by atoms with Crippen LogP contribution in [-0.4, -0.2) is 43.0 Å². The lowest BCUT2D eigenvalue weighted by Crippen LogP contribution is -2.31. The highest BCUT2D eigenvalue weighted by atomic mass is 32.1. The fourth-order valence-electron chi connectivity index (χ4n) is 2.85. The van der Waals surface area contributed by atoms with E-state index in [0.717, 1.165) is 12.6 Å². The Morgan fingerprint density at radius 2 is 2.00 bits per heavy atom. The molecule has 0 N–H and O–H groups in total. The second-order valence-corrected chi connectivity index (χ2v) is 6.76. The van der Waals surface area contributed by atoms with E-state index in [9.17, 15) is 0 Å². The standard InChI is InChI=1S/C17H22N2S/c1-18(2)16-9-10-19(13-16)12-14-5-7-15(8-6-14)17-4-3-11-20-17/h3-8,11,16H,9-10,12-13H2,1-2H3. The lowest BCUT2D eigenvalue weighted by Gasteiger charge is -2.20. The first kappa shape index (κ1) is 13.8. The van der Waals surface area contributed by atoms with E-state index in [1.807, 2.05) is 0 Å². The van der Waals surface area contributed by atoms with Crippen molar-refractivity contribution >= 4 is 11.3 Å². The molecule has 1 aliphatic heterocycles. The molecule has 1 aromatic carbocycles. The molecule has 1 atom stereocenters. The first-order chi connectivity index (χ1) is 9.72. The summed E-state index contributed by atoms with van der Waals surface area (Å²) in [6, 6.07) is 14.1. The Morgan fingerprint density at radius 3 is 2.60 bits per heavy atom. The van der Waals surface area contributed by atoms with E-state index in [0.29, 0.717) is 0 Å². The smallest absolute Gasteiger partial charge is 0.0342 e. The molecule has 2 aromatic rings. The van der Waals surface area contributed by atoms with E-state index in [1.54, 1.807) is 11.3 Å². The van der Waals surface area contributed by atoms with Gasteiger partial charge in [0.25, 0.3) is 0 Å². The number of hydrogen-bond donors (Lipinski definition) is 0. The molecule has 1 aromatic heterocycles. The number of likely N-dealkylation sites (tertiary alicyclic amines) is 1. The van der Waals surface area contributed by atoms with Crippen LogP contribution in [0.2, 0.25) is 0 Å². The quantitative estimate of drug-likeness (QED) is 0.848. The zero-order chi connectivity index (χ0) is 13.9. The summed E-state index contributed by atoms with van der Waals surface area (Å²) in [7, 11) is 4.37.